The molecule has 0 aliphatic heterocycles. The molecule has 8 heteroatoms. The highest BCUT2D eigenvalue weighted by molar-refractivity contribution is 7.92. The van der Waals surface area contributed by atoms with Gasteiger partial charge < -0.3 is 14.8 Å². The first-order valence-corrected chi connectivity index (χ1v) is 11.0. The lowest BCUT2D eigenvalue weighted by molar-refractivity contribution is -0.119. The minimum Gasteiger partial charge on any atom is -0.497 e. The van der Waals surface area contributed by atoms with E-state index in [-0.39, 0.29) is 10.6 Å². The van der Waals surface area contributed by atoms with Gasteiger partial charge in [0.05, 0.1) is 24.8 Å². The number of ether oxygens (including phenoxy) is 2. The van der Waals surface area contributed by atoms with Crippen LogP contribution in [0.1, 0.15) is 5.56 Å². The maximum absolute atomic E-state index is 13.5. The molecule has 0 atom stereocenters. The SMILES string of the molecule is COc1ccc(S(=O)(=O)N(CC(=O)NCc2ccccc2)c2ccccc2OC)cc1. The Morgan fingerprint density at radius 2 is 1.52 bits per heavy atom. The quantitative estimate of drug-likeness (QED) is 0.552. The minimum atomic E-state index is -4.05. The van der Waals surface area contributed by atoms with Gasteiger partial charge in [-0.15, -0.1) is 0 Å². The molecule has 0 aromatic heterocycles. The predicted octanol–water partition coefficient (Wildman–Crippen LogP) is 3.22. The number of hydrogen-bond donors (Lipinski definition) is 1. The van der Waals surface area contributed by atoms with Gasteiger partial charge in [-0.25, -0.2) is 8.42 Å². The van der Waals surface area contributed by atoms with E-state index in [1.54, 1.807) is 36.4 Å². The van der Waals surface area contributed by atoms with E-state index in [0.29, 0.717) is 18.0 Å². The summed E-state index contributed by atoms with van der Waals surface area (Å²) in [5.41, 5.74) is 1.19. The van der Waals surface area contributed by atoms with Crippen LogP contribution in [0.4, 0.5) is 5.69 Å². The average Bonchev–Trinajstić information content (AvgIpc) is 2.81. The molecular formula is C23H24N2O5S. The van der Waals surface area contributed by atoms with Crippen molar-refractivity contribution >= 4 is 21.6 Å². The van der Waals surface area contributed by atoms with Gasteiger partial charge in [0.25, 0.3) is 10.0 Å². The van der Waals surface area contributed by atoms with E-state index in [2.05, 4.69) is 5.32 Å². The van der Waals surface area contributed by atoms with Crippen molar-refractivity contribution in [2.45, 2.75) is 11.4 Å². The van der Waals surface area contributed by atoms with Crippen LogP contribution in [0.15, 0.2) is 83.8 Å². The Morgan fingerprint density at radius 1 is 0.871 bits per heavy atom. The van der Waals surface area contributed by atoms with Crippen LogP contribution >= 0.6 is 0 Å². The summed E-state index contributed by atoms with van der Waals surface area (Å²) in [6, 6.07) is 22.1. The summed E-state index contributed by atoms with van der Waals surface area (Å²) in [6.07, 6.45) is 0. The maximum Gasteiger partial charge on any atom is 0.264 e. The molecule has 1 N–H and O–H groups in total. The Kier molecular flexibility index (Phi) is 7.15. The standard InChI is InChI=1S/C23H24N2O5S/c1-29-19-12-14-20(15-13-19)31(27,28)25(21-10-6-7-11-22(21)30-2)17-23(26)24-16-18-8-4-3-5-9-18/h3-15H,16-17H2,1-2H3,(H,24,26). The smallest absolute Gasteiger partial charge is 0.264 e. The molecule has 3 aromatic rings. The highest BCUT2D eigenvalue weighted by atomic mass is 32.2. The molecule has 0 heterocycles. The zero-order valence-corrected chi connectivity index (χ0v) is 18.1. The number of carbonyl (C=O) groups is 1. The van der Waals surface area contributed by atoms with Crippen molar-refractivity contribution in [1.29, 1.82) is 0 Å². The molecule has 1 amide bonds. The third-order valence-electron chi connectivity index (χ3n) is 4.62. The first-order valence-electron chi connectivity index (χ1n) is 9.56. The summed E-state index contributed by atoms with van der Waals surface area (Å²) in [4.78, 5) is 12.7. The van der Waals surface area contributed by atoms with E-state index in [4.69, 9.17) is 9.47 Å². The Balaban J connectivity index is 1.91. The summed E-state index contributed by atoms with van der Waals surface area (Å²) in [5, 5.41) is 2.77. The van der Waals surface area contributed by atoms with Gasteiger partial charge >= 0.3 is 0 Å². The molecule has 0 fully saturated rings. The van der Waals surface area contributed by atoms with Crippen molar-refractivity contribution in [2.24, 2.45) is 0 Å². The van der Waals surface area contributed by atoms with Crippen LogP contribution in [0.3, 0.4) is 0 Å². The van der Waals surface area contributed by atoms with Gasteiger partial charge in [-0.1, -0.05) is 42.5 Å². The first kappa shape index (κ1) is 22.2. The molecule has 3 aromatic carbocycles. The highest BCUT2D eigenvalue weighted by Gasteiger charge is 2.29. The Hall–Kier alpha value is -3.52. The molecule has 7 nitrogen and oxygen atoms in total. The van der Waals surface area contributed by atoms with Crippen LogP contribution < -0.4 is 19.1 Å². The van der Waals surface area contributed by atoms with Crippen molar-refractivity contribution in [2.75, 3.05) is 25.1 Å². The molecule has 0 aliphatic rings. The summed E-state index contributed by atoms with van der Waals surface area (Å²) >= 11 is 0. The van der Waals surface area contributed by atoms with Gasteiger partial charge in [0.2, 0.25) is 5.91 Å². The predicted molar refractivity (Wildman–Crippen MR) is 119 cm³/mol. The fraction of sp³-hybridized carbons (Fsp3) is 0.174. The van der Waals surface area contributed by atoms with Crippen LogP contribution in [0.2, 0.25) is 0 Å². The molecule has 0 bridgehead atoms. The van der Waals surface area contributed by atoms with E-state index < -0.39 is 22.5 Å². The van der Waals surface area contributed by atoms with E-state index >= 15 is 0 Å². The third-order valence-corrected chi connectivity index (χ3v) is 6.39. The Morgan fingerprint density at radius 3 is 2.16 bits per heavy atom. The van der Waals surface area contributed by atoms with Gasteiger partial charge in [0.1, 0.15) is 18.0 Å². The van der Waals surface area contributed by atoms with Gasteiger partial charge in [-0.05, 0) is 42.0 Å². The van der Waals surface area contributed by atoms with E-state index in [0.717, 1.165) is 9.87 Å². The lowest BCUT2D eigenvalue weighted by Gasteiger charge is -2.25. The van der Waals surface area contributed by atoms with E-state index in [9.17, 15) is 13.2 Å². The second-order valence-corrected chi connectivity index (χ2v) is 8.48. The van der Waals surface area contributed by atoms with Crippen LogP contribution in [0.25, 0.3) is 0 Å². The number of amides is 1. The van der Waals surface area contributed by atoms with Crippen LogP contribution in [0.5, 0.6) is 11.5 Å². The largest absolute Gasteiger partial charge is 0.497 e. The van der Waals surface area contributed by atoms with Crippen LogP contribution in [-0.4, -0.2) is 35.1 Å². The molecular weight excluding hydrogens is 416 g/mol. The minimum absolute atomic E-state index is 0.0371. The molecule has 0 aliphatic carbocycles. The molecule has 0 spiro atoms. The average molecular weight is 441 g/mol. The lowest BCUT2D eigenvalue weighted by Crippen LogP contribution is -2.40. The number of nitrogens with zero attached hydrogens (tertiary/aromatic N) is 1. The topological polar surface area (TPSA) is 84.9 Å². The second-order valence-electron chi connectivity index (χ2n) is 6.62. The summed E-state index contributed by atoms with van der Waals surface area (Å²) in [5.74, 6) is 0.436. The number of anilines is 1. The fourth-order valence-corrected chi connectivity index (χ4v) is 4.42. The molecule has 0 unspecified atom stereocenters. The third kappa shape index (κ3) is 5.35. The molecule has 3 rings (SSSR count). The number of benzene rings is 3. The zero-order valence-electron chi connectivity index (χ0n) is 17.3. The normalized spacial score (nSPS) is 10.9. The zero-order chi connectivity index (χ0) is 22.3. The van der Waals surface area contributed by atoms with E-state index in [1.165, 1.54) is 26.4 Å². The molecule has 31 heavy (non-hydrogen) atoms. The number of nitrogens with one attached hydrogen (secondary N) is 1. The first-order chi connectivity index (χ1) is 15.0. The molecule has 0 radical (unpaired) electrons. The van der Waals surface area contributed by atoms with Crippen molar-refractivity contribution in [3.05, 3.63) is 84.4 Å². The van der Waals surface area contributed by atoms with Crippen LogP contribution in [-0.2, 0) is 21.4 Å². The van der Waals surface area contributed by atoms with Gasteiger partial charge in [0.15, 0.2) is 0 Å². The van der Waals surface area contributed by atoms with Crippen molar-refractivity contribution in [3.8, 4) is 11.5 Å². The van der Waals surface area contributed by atoms with Gasteiger partial charge in [0, 0.05) is 6.54 Å². The summed E-state index contributed by atoms with van der Waals surface area (Å²) in [6.45, 7) is -0.108. The fourth-order valence-electron chi connectivity index (χ4n) is 2.99. The van der Waals surface area contributed by atoms with E-state index in [1.807, 2.05) is 30.3 Å². The van der Waals surface area contributed by atoms with Crippen molar-refractivity contribution in [1.82, 2.24) is 5.32 Å². The van der Waals surface area contributed by atoms with Gasteiger partial charge in [-0.2, -0.15) is 0 Å². The van der Waals surface area contributed by atoms with Crippen LogP contribution in [0, 0.1) is 0 Å². The van der Waals surface area contributed by atoms with Gasteiger partial charge in [-0.3, -0.25) is 9.10 Å². The summed E-state index contributed by atoms with van der Waals surface area (Å²) < 4.78 is 38.4. The second kappa shape index (κ2) is 9.99. The summed E-state index contributed by atoms with van der Waals surface area (Å²) in [7, 11) is -1.10. The Bertz CT molecular complexity index is 1120. The number of methoxy groups -OCH3 is 2. The molecule has 0 saturated heterocycles. The Labute approximate surface area is 182 Å². The molecule has 0 saturated carbocycles. The number of para-hydroxylation sites is 2. The molecule has 162 valence electrons. The monoisotopic (exact) mass is 440 g/mol. The number of sulfonamides is 1. The van der Waals surface area contributed by atoms with Crippen molar-refractivity contribution < 1.29 is 22.7 Å². The maximum atomic E-state index is 13.5. The lowest BCUT2D eigenvalue weighted by atomic mass is 10.2. The van der Waals surface area contributed by atoms with Crippen molar-refractivity contribution in [3.63, 3.8) is 0 Å². The number of carbonyl (C=O) groups excluding carboxylic acids is 1. The highest BCUT2D eigenvalue weighted by Crippen LogP contribution is 2.32. The number of hydrogen-bond acceptors (Lipinski definition) is 5. The number of rotatable bonds is 9.